The highest BCUT2D eigenvalue weighted by Gasteiger charge is 2.41. The Labute approximate surface area is 156 Å². The van der Waals surface area contributed by atoms with Gasteiger partial charge < -0.3 is 19.8 Å². The number of rotatable bonds is 6. The molecule has 0 unspecified atom stereocenters. The molecule has 0 spiro atoms. The minimum atomic E-state index is -0.939. The highest BCUT2D eigenvalue weighted by Crippen LogP contribution is 2.38. The van der Waals surface area contributed by atoms with Crippen molar-refractivity contribution in [1.82, 2.24) is 14.5 Å². The highest BCUT2D eigenvalue weighted by molar-refractivity contribution is 6.28. The number of halogens is 1. The van der Waals surface area contributed by atoms with Crippen molar-refractivity contribution in [1.29, 1.82) is 0 Å². The second-order valence-corrected chi connectivity index (χ2v) is 6.69. The van der Waals surface area contributed by atoms with Crippen LogP contribution in [0.25, 0.3) is 11.0 Å². The topological polar surface area (TPSA) is 92.3 Å². The number of carbonyl (C=O) groups is 1. The van der Waals surface area contributed by atoms with Gasteiger partial charge in [0.25, 0.3) is 0 Å². The van der Waals surface area contributed by atoms with Crippen molar-refractivity contribution >= 4 is 34.4 Å². The number of fused-ring (bicyclic) bond motifs is 1. The molecule has 2 aromatic rings. The van der Waals surface area contributed by atoms with E-state index in [0.29, 0.717) is 36.1 Å². The van der Waals surface area contributed by atoms with Crippen molar-refractivity contribution in [2.45, 2.75) is 50.9 Å². The number of ether oxygens (including phenoxy) is 2. The van der Waals surface area contributed by atoms with E-state index in [2.05, 4.69) is 15.9 Å². The molecule has 1 saturated heterocycles. The Hall–Kier alpha value is -2.30. The first-order chi connectivity index (χ1) is 12.5. The van der Waals surface area contributed by atoms with E-state index in [0.717, 1.165) is 12.8 Å². The van der Waals surface area contributed by atoms with Crippen LogP contribution in [-0.4, -0.2) is 32.7 Å². The number of nitrogens with two attached hydrogens (primary N) is 1. The van der Waals surface area contributed by atoms with E-state index in [1.54, 1.807) is 0 Å². The Morgan fingerprint density at radius 3 is 3.15 bits per heavy atom. The highest BCUT2D eigenvalue weighted by atomic mass is 35.5. The summed E-state index contributed by atoms with van der Waals surface area (Å²) in [5.41, 5.74) is 5.53. The smallest absolute Gasteiger partial charge is 0.305 e. The molecule has 7 nitrogen and oxygen atoms in total. The van der Waals surface area contributed by atoms with Crippen LogP contribution in [-0.2, 0) is 14.3 Å². The molecule has 3 heterocycles. The zero-order chi connectivity index (χ0) is 18.7. The molecule has 2 N–H and O–H groups in total. The first-order valence-corrected chi connectivity index (χ1v) is 8.96. The van der Waals surface area contributed by atoms with E-state index >= 15 is 0 Å². The monoisotopic (exact) mass is 376 g/mol. The van der Waals surface area contributed by atoms with Crippen LogP contribution < -0.4 is 5.73 Å². The zero-order valence-electron chi connectivity index (χ0n) is 14.6. The maximum absolute atomic E-state index is 11.8. The molecule has 138 valence electrons. The molecule has 0 radical (unpaired) electrons. The van der Waals surface area contributed by atoms with Gasteiger partial charge in [0.1, 0.15) is 24.3 Å². The number of esters is 1. The fraction of sp³-hybridized carbons (Fsp3) is 0.500. The van der Waals surface area contributed by atoms with Crippen LogP contribution in [0.4, 0.5) is 5.82 Å². The first kappa shape index (κ1) is 18.5. The molecule has 0 aliphatic carbocycles. The number of unbranched alkanes of at least 4 members (excludes halogenated alkanes) is 1. The maximum Gasteiger partial charge on any atom is 0.305 e. The number of terminal acetylenes is 1. The normalized spacial score (nSPS) is 22.4. The van der Waals surface area contributed by atoms with Crippen LogP contribution in [0.2, 0.25) is 5.28 Å². The van der Waals surface area contributed by atoms with E-state index in [-0.39, 0.29) is 24.1 Å². The third-order valence-corrected chi connectivity index (χ3v) is 4.67. The van der Waals surface area contributed by atoms with Crippen LogP contribution in [0.3, 0.4) is 0 Å². The maximum atomic E-state index is 11.8. The molecule has 0 amide bonds. The van der Waals surface area contributed by atoms with E-state index in [9.17, 15) is 4.79 Å². The number of aromatic nitrogens is 3. The second kappa shape index (κ2) is 7.52. The zero-order valence-corrected chi connectivity index (χ0v) is 15.3. The molecule has 1 fully saturated rings. The summed E-state index contributed by atoms with van der Waals surface area (Å²) in [6, 6.07) is 1.81. The van der Waals surface area contributed by atoms with Gasteiger partial charge in [-0.3, -0.25) is 4.79 Å². The fourth-order valence-electron chi connectivity index (χ4n) is 3.04. The predicted octanol–water partition coefficient (Wildman–Crippen LogP) is 3.08. The SMILES string of the molecule is C#C[C@@]1(COC(=O)CCCC)CC[C@H](n2ccc3c(N)nc(Cl)nc32)O1. The summed E-state index contributed by atoms with van der Waals surface area (Å²) >= 11 is 5.92. The lowest BCUT2D eigenvalue weighted by molar-refractivity contribution is -0.152. The van der Waals surface area contributed by atoms with E-state index in [1.165, 1.54) is 0 Å². The molecule has 0 saturated carbocycles. The number of nitrogens with zero attached hydrogens (tertiary/aromatic N) is 3. The third-order valence-electron chi connectivity index (χ3n) is 4.50. The largest absolute Gasteiger partial charge is 0.462 e. The molecule has 1 aliphatic heterocycles. The Kier molecular flexibility index (Phi) is 5.35. The van der Waals surface area contributed by atoms with Gasteiger partial charge in [0.15, 0.2) is 5.60 Å². The molecule has 2 atom stereocenters. The van der Waals surface area contributed by atoms with Crippen LogP contribution in [0.1, 0.15) is 45.3 Å². The van der Waals surface area contributed by atoms with Gasteiger partial charge in [-0.2, -0.15) is 4.98 Å². The molecule has 1 aliphatic rings. The molecule has 2 aromatic heterocycles. The molecule has 26 heavy (non-hydrogen) atoms. The lowest BCUT2D eigenvalue weighted by Gasteiger charge is -2.24. The second-order valence-electron chi connectivity index (χ2n) is 6.35. The van der Waals surface area contributed by atoms with Crippen molar-refractivity contribution in [3.63, 3.8) is 0 Å². The summed E-state index contributed by atoms with van der Waals surface area (Å²) in [5, 5.41) is 0.767. The fourth-order valence-corrected chi connectivity index (χ4v) is 3.21. The molecular formula is C18H21ClN4O3. The van der Waals surface area contributed by atoms with Crippen molar-refractivity contribution < 1.29 is 14.3 Å². The lowest BCUT2D eigenvalue weighted by atomic mass is 10.0. The van der Waals surface area contributed by atoms with Crippen molar-refractivity contribution in [3.05, 3.63) is 17.5 Å². The molecule has 0 aromatic carbocycles. The van der Waals surface area contributed by atoms with Crippen molar-refractivity contribution in [2.24, 2.45) is 0 Å². The van der Waals surface area contributed by atoms with E-state index in [4.69, 9.17) is 33.2 Å². The molecule has 8 heteroatoms. The van der Waals surface area contributed by atoms with Gasteiger partial charge in [0.2, 0.25) is 5.28 Å². The third kappa shape index (κ3) is 3.62. The van der Waals surface area contributed by atoms with Gasteiger partial charge in [-0.25, -0.2) is 4.98 Å². The minimum Gasteiger partial charge on any atom is -0.462 e. The lowest BCUT2D eigenvalue weighted by Crippen LogP contribution is -2.34. The Bertz CT molecular complexity index is 860. The van der Waals surface area contributed by atoms with Crippen LogP contribution >= 0.6 is 11.6 Å². The summed E-state index contributed by atoms with van der Waals surface area (Å²) in [4.78, 5) is 20.0. The summed E-state index contributed by atoms with van der Waals surface area (Å²) in [5.74, 6) is 2.71. The average molecular weight is 377 g/mol. The number of carbonyl (C=O) groups excluding carboxylic acids is 1. The van der Waals surface area contributed by atoms with Crippen molar-refractivity contribution in [2.75, 3.05) is 12.3 Å². The predicted molar refractivity (Wildman–Crippen MR) is 98.4 cm³/mol. The van der Waals surface area contributed by atoms with E-state index in [1.807, 2.05) is 23.8 Å². The minimum absolute atomic E-state index is 0.0413. The number of hydrogen-bond donors (Lipinski definition) is 1. The molecule has 3 rings (SSSR count). The van der Waals surface area contributed by atoms with Crippen LogP contribution in [0.5, 0.6) is 0 Å². The molecular weight excluding hydrogens is 356 g/mol. The quantitative estimate of drug-likeness (QED) is 0.473. The van der Waals surface area contributed by atoms with Crippen LogP contribution in [0, 0.1) is 12.3 Å². The van der Waals surface area contributed by atoms with Gasteiger partial charge in [-0.1, -0.05) is 19.3 Å². The Balaban J connectivity index is 1.75. The number of nitrogen functional groups attached to an aromatic ring is 1. The van der Waals surface area contributed by atoms with Gasteiger partial charge in [0, 0.05) is 12.6 Å². The number of anilines is 1. The first-order valence-electron chi connectivity index (χ1n) is 8.59. The molecule has 0 bridgehead atoms. The Morgan fingerprint density at radius 1 is 1.62 bits per heavy atom. The average Bonchev–Trinajstić information content (AvgIpc) is 3.23. The summed E-state index contributed by atoms with van der Waals surface area (Å²) < 4.78 is 13.3. The summed E-state index contributed by atoms with van der Waals surface area (Å²) in [6.45, 7) is 2.06. The van der Waals surface area contributed by atoms with E-state index < -0.39 is 5.60 Å². The van der Waals surface area contributed by atoms with Gasteiger partial charge >= 0.3 is 5.97 Å². The van der Waals surface area contributed by atoms with Crippen LogP contribution in [0.15, 0.2) is 12.3 Å². The Morgan fingerprint density at radius 2 is 2.42 bits per heavy atom. The van der Waals surface area contributed by atoms with Gasteiger partial charge in [0.05, 0.1) is 5.39 Å². The van der Waals surface area contributed by atoms with Crippen molar-refractivity contribution in [3.8, 4) is 12.3 Å². The van der Waals surface area contributed by atoms with Gasteiger partial charge in [-0.15, -0.1) is 6.42 Å². The number of hydrogen-bond acceptors (Lipinski definition) is 6. The summed E-state index contributed by atoms with van der Waals surface area (Å²) in [7, 11) is 0. The summed E-state index contributed by atoms with van der Waals surface area (Å²) in [6.07, 6.45) is 10.5. The van der Waals surface area contributed by atoms with Gasteiger partial charge in [-0.05, 0) is 36.9 Å². The standard InChI is InChI=1S/C18H21ClN4O3/c1-3-5-6-14(24)25-11-18(4-2)9-7-13(26-18)23-10-8-12-15(20)21-17(19)22-16(12)23/h2,8,10,13H,3,5-7,9,11H2,1H3,(H2,20,21,22)/t13-,18+/m1/s1.